The number of hydrogen-bond donors (Lipinski definition) is 3. The number of aromatic nitrogens is 1. The number of benzene rings is 1. The Balaban J connectivity index is 1.72. The van der Waals surface area contributed by atoms with Gasteiger partial charge in [0.05, 0.1) is 12.3 Å². The molecule has 0 saturated carbocycles. The normalized spacial score (nSPS) is 16.3. The number of para-hydroxylation sites is 1. The van der Waals surface area contributed by atoms with E-state index in [1.807, 2.05) is 41.3 Å². The van der Waals surface area contributed by atoms with Crippen molar-refractivity contribution in [3.63, 3.8) is 0 Å². The lowest BCUT2D eigenvalue weighted by molar-refractivity contribution is 0.0950. The Bertz CT molecular complexity index is 824. The molecule has 0 fully saturated rings. The molecule has 3 rings (SSSR count). The van der Waals surface area contributed by atoms with E-state index >= 15 is 0 Å². The summed E-state index contributed by atoms with van der Waals surface area (Å²) in [5, 5.41) is 18.5. The fourth-order valence-corrected chi connectivity index (χ4v) is 2.77. The maximum absolute atomic E-state index is 14.3. The first-order chi connectivity index (χ1) is 12.6. The standard InChI is InChI=1S/C19H21FN4O2/c20-16-10-14(17(26)12-25)11-22-18(16)13-6-8-24(9-7-13)19(21)23-15-4-2-1-3-5-15/h1-6,10-11,17,25-26H,7-9,12H2,(H2,21,23)/t17-/m1/s1. The Morgan fingerprint density at radius 3 is 2.73 bits per heavy atom. The van der Waals surface area contributed by atoms with Crippen molar-refractivity contribution < 1.29 is 14.6 Å². The van der Waals surface area contributed by atoms with Crippen LogP contribution in [0.25, 0.3) is 5.57 Å². The van der Waals surface area contributed by atoms with Crippen LogP contribution in [0.1, 0.15) is 23.8 Å². The number of nitrogens with two attached hydrogens (primary N) is 1. The second kappa shape index (κ2) is 8.07. The second-order valence-electron chi connectivity index (χ2n) is 6.03. The predicted octanol–water partition coefficient (Wildman–Crippen LogP) is 1.98. The lowest BCUT2D eigenvalue weighted by Crippen LogP contribution is -2.39. The van der Waals surface area contributed by atoms with Gasteiger partial charge in [0.2, 0.25) is 0 Å². The smallest absolute Gasteiger partial charge is 0.196 e. The van der Waals surface area contributed by atoms with E-state index in [9.17, 15) is 9.50 Å². The number of halogens is 1. The minimum atomic E-state index is -1.13. The van der Waals surface area contributed by atoms with Gasteiger partial charge in [-0.1, -0.05) is 24.3 Å². The van der Waals surface area contributed by atoms with Crippen molar-refractivity contribution in [3.05, 3.63) is 65.7 Å². The Morgan fingerprint density at radius 1 is 1.35 bits per heavy atom. The monoisotopic (exact) mass is 356 g/mol. The summed E-state index contributed by atoms with van der Waals surface area (Å²) >= 11 is 0. The summed E-state index contributed by atoms with van der Waals surface area (Å²) < 4.78 is 14.3. The lowest BCUT2D eigenvalue weighted by Gasteiger charge is -2.27. The third-order valence-corrected chi connectivity index (χ3v) is 4.26. The van der Waals surface area contributed by atoms with Gasteiger partial charge in [0.15, 0.2) is 5.96 Å². The summed E-state index contributed by atoms with van der Waals surface area (Å²) in [5.41, 5.74) is 8.16. The van der Waals surface area contributed by atoms with Crippen LogP contribution in [0.4, 0.5) is 10.1 Å². The van der Waals surface area contributed by atoms with Gasteiger partial charge in [0.1, 0.15) is 17.6 Å². The van der Waals surface area contributed by atoms with Gasteiger partial charge in [-0.15, -0.1) is 0 Å². The van der Waals surface area contributed by atoms with Crippen molar-refractivity contribution in [2.24, 2.45) is 10.7 Å². The molecule has 0 radical (unpaired) electrons. The summed E-state index contributed by atoms with van der Waals surface area (Å²) in [5.74, 6) is -0.0954. The largest absolute Gasteiger partial charge is 0.393 e. The van der Waals surface area contributed by atoms with Crippen molar-refractivity contribution in [1.82, 2.24) is 9.88 Å². The van der Waals surface area contributed by atoms with Crippen LogP contribution in [0, 0.1) is 5.82 Å². The molecule has 1 atom stereocenters. The molecular weight excluding hydrogens is 335 g/mol. The molecule has 2 heterocycles. The van der Waals surface area contributed by atoms with E-state index in [0.29, 0.717) is 25.5 Å². The van der Waals surface area contributed by atoms with E-state index in [-0.39, 0.29) is 11.3 Å². The molecule has 1 aromatic carbocycles. The molecule has 0 unspecified atom stereocenters. The van der Waals surface area contributed by atoms with E-state index in [1.165, 1.54) is 12.3 Å². The average Bonchev–Trinajstić information content (AvgIpc) is 2.68. The maximum Gasteiger partial charge on any atom is 0.196 e. The molecule has 0 aliphatic carbocycles. The van der Waals surface area contributed by atoms with E-state index < -0.39 is 18.5 Å². The van der Waals surface area contributed by atoms with Gasteiger partial charge in [-0.05, 0) is 30.2 Å². The molecule has 26 heavy (non-hydrogen) atoms. The molecule has 7 heteroatoms. The molecule has 0 spiro atoms. The van der Waals surface area contributed by atoms with E-state index in [4.69, 9.17) is 10.8 Å². The highest BCUT2D eigenvalue weighted by Gasteiger charge is 2.19. The van der Waals surface area contributed by atoms with Crippen LogP contribution in [0.2, 0.25) is 0 Å². The summed E-state index contributed by atoms with van der Waals surface area (Å²) in [6.45, 7) is 0.647. The van der Waals surface area contributed by atoms with Crippen LogP contribution < -0.4 is 5.73 Å². The number of hydrogen-bond acceptors (Lipinski definition) is 4. The average molecular weight is 356 g/mol. The summed E-state index contributed by atoms with van der Waals surface area (Å²) in [7, 11) is 0. The van der Waals surface area contributed by atoms with Crippen molar-refractivity contribution in [3.8, 4) is 0 Å². The molecule has 4 N–H and O–H groups in total. The number of aliphatic hydroxyl groups is 2. The second-order valence-corrected chi connectivity index (χ2v) is 6.03. The first-order valence-electron chi connectivity index (χ1n) is 8.36. The Kier molecular flexibility index (Phi) is 5.60. The van der Waals surface area contributed by atoms with Gasteiger partial charge >= 0.3 is 0 Å². The van der Waals surface area contributed by atoms with Crippen molar-refractivity contribution in [2.75, 3.05) is 19.7 Å². The number of aliphatic imine (C=N–C) groups is 1. The number of guanidine groups is 1. The Labute approximate surface area is 151 Å². The lowest BCUT2D eigenvalue weighted by atomic mass is 10.0. The zero-order valence-electron chi connectivity index (χ0n) is 14.2. The van der Waals surface area contributed by atoms with E-state index in [0.717, 1.165) is 11.3 Å². The topological polar surface area (TPSA) is 95.0 Å². The van der Waals surface area contributed by atoms with Crippen molar-refractivity contribution >= 4 is 17.2 Å². The highest BCUT2D eigenvalue weighted by Crippen LogP contribution is 2.25. The van der Waals surface area contributed by atoms with Crippen LogP contribution in [0.3, 0.4) is 0 Å². The molecule has 136 valence electrons. The van der Waals surface area contributed by atoms with Crippen LogP contribution in [0.15, 0.2) is 53.7 Å². The highest BCUT2D eigenvalue weighted by molar-refractivity contribution is 5.82. The molecule has 0 bridgehead atoms. The number of nitrogens with zero attached hydrogens (tertiary/aromatic N) is 3. The summed E-state index contributed by atoms with van der Waals surface area (Å²) in [6, 6.07) is 10.7. The fraction of sp³-hybridized carbons (Fsp3) is 0.263. The molecule has 0 amide bonds. The Hall–Kier alpha value is -2.77. The number of pyridine rings is 1. The van der Waals surface area contributed by atoms with E-state index in [1.54, 1.807) is 0 Å². The third kappa shape index (κ3) is 4.07. The molecule has 1 aromatic heterocycles. The molecule has 1 aliphatic rings. The molecule has 2 aromatic rings. The van der Waals surface area contributed by atoms with Crippen molar-refractivity contribution in [1.29, 1.82) is 0 Å². The van der Waals surface area contributed by atoms with Gasteiger partial charge in [0, 0.05) is 24.8 Å². The minimum Gasteiger partial charge on any atom is -0.393 e. The van der Waals surface area contributed by atoms with Crippen molar-refractivity contribution in [2.45, 2.75) is 12.5 Å². The van der Waals surface area contributed by atoms with Crippen LogP contribution in [0.5, 0.6) is 0 Å². The first-order valence-corrected chi connectivity index (χ1v) is 8.36. The maximum atomic E-state index is 14.3. The number of rotatable bonds is 4. The van der Waals surface area contributed by atoms with Crippen LogP contribution in [-0.4, -0.2) is 45.8 Å². The van der Waals surface area contributed by atoms with Crippen LogP contribution >= 0.6 is 0 Å². The third-order valence-electron chi connectivity index (χ3n) is 4.26. The summed E-state index contributed by atoms with van der Waals surface area (Å²) in [4.78, 5) is 10.4. The first kappa shape index (κ1) is 18.0. The van der Waals surface area contributed by atoms with Gasteiger partial charge < -0.3 is 20.8 Å². The van der Waals surface area contributed by atoms with Gasteiger partial charge in [-0.2, -0.15) is 0 Å². The minimum absolute atomic E-state index is 0.256. The quantitative estimate of drug-likeness (QED) is 0.575. The van der Waals surface area contributed by atoms with Crippen LogP contribution in [-0.2, 0) is 0 Å². The fourth-order valence-electron chi connectivity index (χ4n) is 2.77. The van der Waals surface area contributed by atoms with E-state index in [2.05, 4.69) is 9.98 Å². The number of aliphatic hydroxyl groups excluding tert-OH is 2. The Morgan fingerprint density at radius 2 is 2.12 bits per heavy atom. The molecule has 6 nitrogen and oxygen atoms in total. The zero-order chi connectivity index (χ0) is 18.5. The molecular formula is C19H21FN4O2. The van der Waals surface area contributed by atoms with Gasteiger partial charge in [0.25, 0.3) is 0 Å². The highest BCUT2D eigenvalue weighted by atomic mass is 19.1. The molecule has 1 aliphatic heterocycles. The SMILES string of the molecule is NC(=Nc1ccccc1)N1CC=C(c2ncc([C@H](O)CO)cc2F)CC1. The van der Waals surface area contributed by atoms with Gasteiger partial charge in [-0.25, -0.2) is 9.38 Å². The van der Waals surface area contributed by atoms with Gasteiger partial charge in [-0.3, -0.25) is 4.98 Å². The summed E-state index contributed by atoms with van der Waals surface area (Å²) in [6.07, 6.45) is 2.72. The predicted molar refractivity (Wildman–Crippen MR) is 98.1 cm³/mol. The zero-order valence-corrected chi connectivity index (χ0v) is 14.2. The molecule has 0 saturated heterocycles.